The minimum absolute atomic E-state index is 0.683. The SMILES string of the molecule is Cc1ccc(-c2nn(-c3ccccc3)cc2-c2nc(-c3ccccc3)c(-c3ccccc3)n2-c2ccc(Cl)cc2)cc1. The van der Waals surface area contributed by atoms with Crippen LogP contribution in [0.4, 0.5) is 0 Å². The van der Waals surface area contributed by atoms with Crippen molar-refractivity contribution in [3.05, 3.63) is 156 Å². The summed E-state index contributed by atoms with van der Waals surface area (Å²) in [5, 5.41) is 5.81. The van der Waals surface area contributed by atoms with Gasteiger partial charge in [-0.05, 0) is 43.3 Å². The Bertz CT molecular complexity index is 1960. The molecule has 0 unspecified atom stereocenters. The molecular weight excluding hydrogens is 536 g/mol. The van der Waals surface area contributed by atoms with Crippen LogP contribution >= 0.6 is 11.6 Å². The van der Waals surface area contributed by atoms with Crippen LogP contribution in [0.3, 0.4) is 0 Å². The van der Waals surface area contributed by atoms with Gasteiger partial charge in [-0.25, -0.2) is 9.67 Å². The van der Waals surface area contributed by atoms with Crippen molar-refractivity contribution in [2.24, 2.45) is 0 Å². The van der Waals surface area contributed by atoms with E-state index in [9.17, 15) is 0 Å². The van der Waals surface area contributed by atoms with Gasteiger partial charge in [0, 0.05) is 33.6 Å². The van der Waals surface area contributed by atoms with Gasteiger partial charge < -0.3 is 0 Å². The van der Waals surface area contributed by atoms with E-state index in [1.807, 2.05) is 59.3 Å². The van der Waals surface area contributed by atoms with Gasteiger partial charge in [0.05, 0.1) is 22.6 Å². The first kappa shape index (κ1) is 25.8. The fourth-order valence-electron chi connectivity index (χ4n) is 5.28. The van der Waals surface area contributed by atoms with Crippen molar-refractivity contribution < 1.29 is 0 Å². The average molecular weight is 563 g/mol. The van der Waals surface area contributed by atoms with E-state index >= 15 is 0 Å². The molecule has 4 nitrogen and oxygen atoms in total. The molecule has 42 heavy (non-hydrogen) atoms. The molecule has 0 saturated carbocycles. The van der Waals surface area contributed by atoms with E-state index in [1.165, 1.54) is 5.56 Å². The molecule has 7 rings (SSSR count). The van der Waals surface area contributed by atoms with Crippen LogP contribution in [0.5, 0.6) is 0 Å². The highest BCUT2D eigenvalue weighted by molar-refractivity contribution is 6.30. The third-order valence-electron chi connectivity index (χ3n) is 7.36. The fourth-order valence-corrected chi connectivity index (χ4v) is 5.40. The Balaban J connectivity index is 1.58. The van der Waals surface area contributed by atoms with Crippen LogP contribution in [0.25, 0.3) is 56.5 Å². The van der Waals surface area contributed by atoms with Crippen LogP contribution < -0.4 is 0 Å². The lowest BCUT2D eigenvalue weighted by molar-refractivity contribution is 0.884. The number of rotatable bonds is 6. The highest BCUT2D eigenvalue weighted by atomic mass is 35.5. The molecule has 202 valence electrons. The van der Waals surface area contributed by atoms with Crippen LogP contribution in [0.2, 0.25) is 5.02 Å². The van der Waals surface area contributed by atoms with Gasteiger partial charge in [-0.3, -0.25) is 4.57 Å². The number of imidazole rings is 1. The Labute approximate surface area is 250 Å². The van der Waals surface area contributed by atoms with Gasteiger partial charge in [-0.2, -0.15) is 5.10 Å². The largest absolute Gasteiger partial charge is 0.292 e. The molecule has 0 aliphatic carbocycles. The number of hydrogen-bond acceptors (Lipinski definition) is 2. The van der Waals surface area contributed by atoms with Crippen LogP contribution in [0.1, 0.15) is 5.56 Å². The Morgan fingerprint density at radius 2 is 1.12 bits per heavy atom. The third kappa shape index (κ3) is 4.83. The summed E-state index contributed by atoms with van der Waals surface area (Å²) in [6.07, 6.45) is 2.09. The number of para-hydroxylation sites is 1. The first-order valence-electron chi connectivity index (χ1n) is 13.9. The maximum Gasteiger partial charge on any atom is 0.149 e. The first-order valence-corrected chi connectivity index (χ1v) is 14.3. The third-order valence-corrected chi connectivity index (χ3v) is 7.61. The lowest BCUT2D eigenvalue weighted by atomic mass is 10.0. The molecule has 0 saturated heterocycles. The minimum Gasteiger partial charge on any atom is -0.292 e. The van der Waals surface area contributed by atoms with Crippen molar-refractivity contribution in [1.29, 1.82) is 0 Å². The second-order valence-electron chi connectivity index (χ2n) is 10.2. The van der Waals surface area contributed by atoms with Crippen molar-refractivity contribution in [3.63, 3.8) is 0 Å². The molecule has 0 atom stereocenters. The normalized spacial score (nSPS) is 11.1. The zero-order valence-electron chi connectivity index (χ0n) is 23.0. The molecule has 2 heterocycles. The molecule has 0 aliphatic heterocycles. The Morgan fingerprint density at radius 1 is 0.548 bits per heavy atom. The number of nitrogens with zero attached hydrogens (tertiary/aromatic N) is 4. The van der Waals surface area contributed by atoms with Crippen molar-refractivity contribution in [2.75, 3.05) is 0 Å². The summed E-state index contributed by atoms with van der Waals surface area (Å²) in [6, 6.07) is 47.4. The molecule has 5 aromatic carbocycles. The van der Waals surface area contributed by atoms with Crippen LogP contribution in [0.15, 0.2) is 146 Å². The smallest absolute Gasteiger partial charge is 0.149 e. The van der Waals surface area contributed by atoms with Gasteiger partial charge in [-0.1, -0.05) is 120 Å². The van der Waals surface area contributed by atoms with Crippen molar-refractivity contribution in [1.82, 2.24) is 19.3 Å². The Hall–Kier alpha value is -5.19. The molecule has 0 aliphatic rings. The first-order chi connectivity index (χ1) is 20.7. The molecule has 0 N–H and O–H groups in total. The summed E-state index contributed by atoms with van der Waals surface area (Å²) >= 11 is 6.36. The van der Waals surface area contributed by atoms with Gasteiger partial charge >= 0.3 is 0 Å². The number of halogens is 1. The van der Waals surface area contributed by atoms with Gasteiger partial charge in [0.2, 0.25) is 0 Å². The number of aromatic nitrogens is 4. The molecule has 0 spiro atoms. The van der Waals surface area contributed by atoms with Crippen molar-refractivity contribution in [2.45, 2.75) is 6.92 Å². The highest BCUT2D eigenvalue weighted by Crippen LogP contribution is 2.41. The molecule has 5 heteroatoms. The summed E-state index contributed by atoms with van der Waals surface area (Å²) in [5.74, 6) is 0.799. The lowest BCUT2D eigenvalue weighted by Crippen LogP contribution is -2.00. The molecular formula is C37H27ClN4. The zero-order valence-corrected chi connectivity index (χ0v) is 23.8. The maximum absolute atomic E-state index is 6.36. The topological polar surface area (TPSA) is 35.6 Å². The molecule has 0 radical (unpaired) electrons. The van der Waals surface area contributed by atoms with E-state index in [2.05, 4.69) is 103 Å². The quantitative estimate of drug-likeness (QED) is 0.202. The average Bonchev–Trinajstić information content (AvgIpc) is 3.66. The summed E-state index contributed by atoms with van der Waals surface area (Å²) in [7, 11) is 0. The summed E-state index contributed by atoms with van der Waals surface area (Å²) in [4.78, 5) is 5.41. The highest BCUT2D eigenvalue weighted by Gasteiger charge is 2.26. The second-order valence-corrected chi connectivity index (χ2v) is 10.7. The van der Waals surface area contributed by atoms with E-state index < -0.39 is 0 Å². The Kier molecular flexibility index (Phi) is 6.75. The van der Waals surface area contributed by atoms with Crippen molar-refractivity contribution in [3.8, 4) is 56.5 Å². The standard InChI is InChI=1S/C37H27ClN4/c1-26-17-19-28(20-18-26)34-33(25-41(40-34)31-15-9-4-10-16-31)37-39-35(27-11-5-2-6-12-27)36(29-13-7-3-8-14-29)42(37)32-23-21-30(38)22-24-32/h2-25H,1H3. The van der Waals surface area contributed by atoms with E-state index in [0.29, 0.717) is 5.02 Å². The maximum atomic E-state index is 6.36. The van der Waals surface area contributed by atoms with E-state index in [-0.39, 0.29) is 0 Å². The van der Waals surface area contributed by atoms with Crippen molar-refractivity contribution >= 4 is 11.6 Å². The van der Waals surface area contributed by atoms with Crippen LogP contribution in [-0.2, 0) is 0 Å². The minimum atomic E-state index is 0.683. The van der Waals surface area contributed by atoms with E-state index in [1.54, 1.807) is 0 Å². The predicted molar refractivity (Wildman–Crippen MR) is 172 cm³/mol. The molecule has 2 aromatic heterocycles. The van der Waals surface area contributed by atoms with Gasteiger partial charge in [0.25, 0.3) is 0 Å². The summed E-state index contributed by atoms with van der Waals surface area (Å²) in [5.41, 5.74) is 9.96. The van der Waals surface area contributed by atoms with E-state index in [0.717, 1.165) is 56.5 Å². The second kappa shape index (κ2) is 11.0. The summed E-state index contributed by atoms with van der Waals surface area (Å²) in [6.45, 7) is 2.10. The fraction of sp³-hybridized carbons (Fsp3) is 0.0270. The zero-order chi connectivity index (χ0) is 28.5. The predicted octanol–water partition coefficient (Wildman–Crippen LogP) is 9.69. The monoisotopic (exact) mass is 562 g/mol. The van der Waals surface area contributed by atoms with Gasteiger partial charge in [-0.15, -0.1) is 0 Å². The number of benzene rings is 5. The van der Waals surface area contributed by atoms with Gasteiger partial charge in [0.15, 0.2) is 0 Å². The van der Waals surface area contributed by atoms with Crippen LogP contribution in [-0.4, -0.2) is 19.3 Å². The molecule has 0 amide bonds. The lowest BCUT2D eigenvalue weighted by Gasteiger charge is -2.14. The van der Waals surface area contributed by atoms with Crippen LogP contribution in [0, 0.1) is 6.92 Å². The molecule has 0 fully saturated rings. The molecule has 0 bridgehead atoms. The number of hydrogen-bond donors (Lipinski definition) is 0. The Morgan fingerprint density at radius 3 is 1.76 bits per heavy atom. The molecule has 7 aromatic rings. The number of aryl methyl sites for hydroxylation is 1. The summed E-state index contributed by atoms with van der Waals surface area (Å²) < 4.78 is 4.17. The van der Waals surface area contributed by atoms with E-state index in [4.69, 9.17) is 21.7 Å². The van der Waals surface area contributed by atoms with Gasteiger partial charge in [0.1, 0.15) is 11.5 Å².